The van der Waals surface area contributed by atoms with Gasteiger partial charge in [-0.05, 0) is 12.1 Å². The SMILES string of the molecule is Nc1n[nH]c(C(=O)Nc2ccnc(Cl)c2)n1. The summed E-state index contributed by atoms with van der Waals surface area (Å²) in [5.74, 6) is -0.408. The van der Waals surface area contributed by atoms with Crippen LogP contribution < -0.4 is 11.1 Å². The second-order valence-corrected chi connectivity index (χ2v) is 3.25. The Morgan fingerprint density at radius 2 is 2.38 bits per heavy atom. The molecule has 8 heteroatoms. The quantitative estimate of drug-likeness (QED) is 0.667. The van der Waals surface area contributed by atoms with Gasteiger partial charge < -0.3 is 11.1 Å². The summed E-state index contributed by atoms with van der Waals surface area (Å²) in [7, 11) is 0. The van der Waals surface area contributed by atoms with Crippen molar-refractivity contribution in [2.45, 2.75) is 0 Å². The average Bonchev–Trinajstić information content (AvgIpc) is 2.65. The number of pyridine rings is 1. The summed E-state index contributed by atoms with van der Waals surface area (Å²) < 4.78 is 0. The molecule has 0 aliphatic carbocycles. The van der Waals surface area contributed by atoms with E-state index in [9.17, 15) is 4.79 Å². The molecule has 0 aliphatic heterocycles. The predicted octanol–water partition coefficient (Wildman–Crippen LogP) is 0.688. The van der Waals surface area contributed by atoms with Gasteiger partial charge in [0.25, 0.3) is 5.91 Å². The van der Waals surface area contributed by atoms with Crippen molar-refractivity contribution < 1.29 is 4.79 Å². The highest BCUT2D eigenvalue weighted by Gasteiger charge is 2.10. The number of rotatable bonds is 2. The number of nitrogens with two attached hydrogens (primary N) is 1. The maximum absolute atomic E-state index is 11.6. The predicted molar refractivity (Wildman–Crippen MR) is 58.0 cm³/mol. The fourth-order valence-electron chi connectivity index (χ4n) is 1.05. The summed E-state index contributed by atoms with van der Waals surface area (Å²) in [6.07, 6.45) is 1.48. The molecule has 16 heavy (non-hydrogen) atoms. The lowest BCUT2D eigenvalue weighted by Crippen LogP contribution is -2.13. The van der Waals surface area contributed by atoms with Gasteiger partial charge in [-0.3, -0.25) is 9.89 Å². The summed E-state index contributed by atoms with van der Waals surface area (Å²) in [4.78, 5) is 19.0. The van der Waals surface area contributed by atoms with Crippen LogP contribution in [0.5, 0.6) is 0 Å². The number of aromatic amines is 1. The molecule has 4 N–H and O–H groups in total. The van der Waals surface area contributed by atoms with E-state index >= 15 is 0 Å². The van der Waals surface area contributed by atoms with E-state index in [-0.39, 0.29) is 16.9 Å². The lowest BCUT2D eigenvalue weighted by molar-refractivity contribution is 0.101. The standard InChI is InChI=1S/C8H7ClN6O/c9-5-3-4(1-2-11-5)12-7(16)6-13-8(10)15-14-6/h1-3H,(H,11,12,16)(H3,10,13,14,15). The molecule has 2 aromatic rings. The summed E-state index contributed by atoms with van der Waals surface area (Å²) in [6.45, 7) is 0. The average molecular weight is 239 g/mol. The fraction of sp³-hybridized carbons (Fsp3) is 0. The number of nitrogen functional groups attached to an aromatic ring is 1. The van der Waals surface area contributed by atoms with E-state index in [0.717, 1.165) is 0 Å². The number of carbonyl (C=O) groups is 1. The maximum Gasteiger partial charge on any atom is 0.293 e. The number of aromatic nitrogens is 4. The molecule has 0 unspecified atom stereocenters. The highest BCUT2D eigenvalue weighted by Crippen LogP contribution is 2.12. The van der Waals surface area contributed by atoms with Crippen LogP contribution in [0, 0.1) is 0 Å². The van der Waals surface area contributed by atoms with E-state index in [4.69, 9.17) is 17.3 Å². The highest BCUT2D eigenvalue weighted by atomic mass is 35.5. The first kappa shape index (κ1) is 10.4. The van der Waals surface area contributed by atoms with Gasteiger partial charge in [-0.15, -0.1) is 5.10 Å². The summed E-state index contributed by atoms with van der Waals surface area (Å²) in [5, 5.41) is 8.78. The van der Waals surface area contributed by atoms with Gasteiger partial charge in [0.05, 0.1) is 0 Å². The number of halogens is 1. The van der Waals surface area contributed by atoms with Gasteiger partial charge in [-0.2, -0.15) is 4.98 Å². The Morgan fingerprint density at radius 3 is 3.00 bits per heavy atom. The molecule has 0 atom stereocenters. The van der Waals surface area contributed by atoms with E-state index in [1.807, 2.05) is 0 Å². The number of amides is 1. The zero-order valence-electron chi connectivity index (χ0n) is 7.94. The van der Waals surface area contributed by atoms with Crippen molar-refractivity contribution in [2.24, 2.45) is 0 Å². The first-order chi connectivity index (χ1) is 7.65. The Hall–Kier alpha value is -2.15. The number of nitrogens with zero attached hydrogens (tertiary/aromatic N) is 3. The van der Waals surface area contributed by atoms with Gasteiger partial charge in [0.2, 0.25) is 11.8 Å². The Morgan fingerprint density at radius 1 is 1.56 bits per heavy atom. The molecule has 0 spiro atoms. The van der Waals surface area contributed by atoms with Crippen molar-refractivity contribution in [3.8, 4) is 0 Å². The molecule has 2 aromatic heterocycles. The third kappa shape index (κ3) is 2.26. The van der Waals surface area contributed by atoms with E-state index in [1.54, 1.807) is 6.07 Å². The molecule has 2 rings (SSSR count). The van der Waals surface area contributed by atoms with Crippen LogP contribution in [0.2, 0.25) is 5.15 Å². The van der Waals surface area contributed by atoms with Gasteiger partial charge in [0, 0.05) is 11.9 Å². The van der Waals surface area contributed by atoms with Gasteiger partial charge in [0.15, 0.2) is 0 Å². The van der Waals surface area contributed by atoms with E-state index in [1.165, 1.54) is 12.3 Å². The number of hydrogen-bond donors (Lipinski definition) is 3. The smallest absolute Gasteiger partial charge is 0.293 e. The fourth-order valence-corrected chi connectivity index (χ4v) is 1.22. The van der Waals surface area contributed by atoms with Crippen LogP contribution in [0.1, 0.15) is 10.6 Å². The molecular formula is C8H7ClN6O. The number of nitrogens with one attached hydrogen (secondary N) is 2. The van der Waals surface area contributed by atoms with Crippen molar-refractivity contribution in [2.75, 3.05) is 11.1 Å². The minimum absolute atomic E-state index is 0.0120. The van der Waals surface area contributed by atoms with Crippen LogP contribution in [-0.4, -0.2) is 26.1 Å². The zero-order chi connectivity index (χ0) is 11.5. The molecule has 0 aliphatic rings. The number of anilines is 2. The van der Waals surface area contributed by atoms with Gasteiger partial charge in [-0.25, -0.2) is 4.98 Å². The maximum atomic E-state index is 11.6. The van der Waals surface area contributed by atoms with Crippen molar-refractivity contribution >= 4 is 29.1 Å². The number of carbonyl (C=O) groups excluding carboxylic acids is 1. The Balaban J connectivity index is 2.13. The molecule has 2 heterocycles. The van der Waals surface area contributed by atoms with E-state index < -0.39 is 5.91 Å². The normalized spacial score (nSPS) is 10.1. The van der Waals surface area contributed by atoms with Crippen LogP contribution in [0.4, 0.5) is 11.6 Å². The van der Waals surface area contributed by atoms with Crippen LogP contribution in [0.3, 0.4) is 0 Å². The van der Waals surface area contributed by atoms with Crippen LogP contribution >= 0.6 is 11.6 Å². The number of H-pyrrole nitrogens is 1. The van der Waals surface area contributed by atoms with Gasteiger partial charge in [0.1, 0.15) is 5.15 Å². The molecular weight excluding hydrogens is 232 g/mol. The third-order valence-corrected chi connectivity index (χ3v) is 1.91. The summed E-state index contributed by atoms with van der Waals surface area (Å²) >= 11 is 5.66. The molecule has 0 fully saturated rings. The van der Waals surface area contributed by atoms with Crippen LogP contribution in [0.15, 0.2) is 18.3 Å². The van der Waals surface area contributed by atoms with E-state index in [2.05, 4.69) is 25.5 Å². The minimum Gasteiger partial charge on any atom is -0.366 e. The van der Waals surface area contributed by atoms with E-state index in [0.29, 0.717) is 5.69 Å². The van der Waals surface area contributed by atoms with Crippen molar-refractivity contribution in [1.82, 2.24) is 20.2 Å². The first-order valence-corrected chi connectivity index (χ1v) is 4.64. The van der Waals surface area contributed by atoms with Crippen molar-refractivity contribution in [3.63, 3.8) is 0 Å². The Kier molecular flexibility index (Phi) is 2.69. The second kappa shape index (κ2) is 4.15. The molecule has 0 aromatic carbocycles. The molecule has 0 saturated heterocycles. The monoisotopic (exact) mass is 238 g/mol. The minimum atomic E-state index is -0.452. The molecule has 0 saturated carbocycles. The molecule has 1 amide bonds. The first-order valence-electron chi connectivity index (χ1n) is 4.26. The highest BCUT2D eigenvalue weighted by molar-refractivity contribution is 6.29. The molecule has 7 nitrogen and oxygen atoms in total. The molecule has 0 bridgehead atoms. The summed E-state index contributed by atoms with van der Waals surface area (Å²) in [6, 6.07) is 3.11. The lowest BCUT2D eigenvalue weighted by Gasteiger charge is -2.01. The van der Waals surface area contributed by atoms with Gasteiger partial charge >= 0.3 is 0 Å². The van der Waals surface area contributed by atoms with Crippen molar-refractivity contribution in [1.29, 1.82) is 0 Å². The Bertz CT molecular complexity index is 525. The largest absolute Gasteiger partial charge is 0.366 e. The lowest BCUT2D eigenvalue weighted by atomic mass is 10.4. The topological polar surface area (TPSA) is 110 Å². The summed E-state index contributed by atoms with van der Waals surface area (Å²) in [5.41, 5.74) is 5.78. The Labute approximate surface area is 95.0 Å². The zero-order valence-corrected chi connectivity index (χ0v) is 8.69. The van der Waals surface area contributed by atoms with Gasteiger partial charge in [-0.1, -0.05) is 11.6 Å². The van der Waals surface area contributed by atoms with Crippen LogP contribution in [-0.2, 0) is 0 Å². The van der Waals surface area contributed by atoms with Crippen LogP contribution in [0.25, 0.3) is 0 Å². The van der Waals surface area contributed by atoms with Crippen molar-refractivity contribution in [3.05, 3.63) is 29.3 Å². The third-order valence-electron chi connectivity index (χ3n) is 1.70. The molecule has 0 radical (unpaired) electrons. The number of hydrogen-bond acceptors (Lipinski definition) is 5. The second-order valence-electron chi connectivity index (χ2n) is 2.86. The molecule has 82 valence electrons.